The zero-order valence-corrected chi connectivity index (χ0v) is 17.1. The van der Waals surface area contributed by atoms with E-state index in [1.807, 2.05) is 29.6 Å². The predicted molar refractivity (Wildman–Crippen MR) is 107 cm³/mol. The van der Waals surface area contributed by atoms with Crippen molar-refractivity contribution in [2.24, 2.45) is 0 Å². The molecule has 0 saturated carbocycles. The Bertz CT molecular complexity index is 734. The maximum atomic E-state index is 12.3. The van der Waals surface area contributed by atoms with Crippen LogP contribution in [0.5, 0.6) is 0 Å². The van der Waals surface area contributed by atoms with E-state index in [9.17, 15) is 4.79 Å². The maximum Gasteiger partial charge on any atom is 0.338 e. The van der Waals surface area contributed by atoms with E-state index in [2.05, 4.69) is 30.7 Å². The lowest BCUT2D eigenvalue weighted by molar-refractivity contribution is -0.0704. The molecule has 1 fully saturated rings. The maximum absolute atomic E-state index is 12.3. The molecule has 1 aromatic heterocycles. The quantitative estimate of drug-likeness (QED) is 0.670. The molecule has 0 aliphatic carbocycles. The highest BCUT2D eigenvalue weighted by Crippen LogP contribution is 2.16. The molecule has 1 saturated heterocycles. The normalized spacial score (nSPS) is 20.6. The first-order valence-corrected chi connectivity index (χ1v) is 10.5. The fraction of sp³-hybridized carbons (Fsp3) is 0.524. The van der Waals surface area contributed by atoms with Gasteiger partial charge >= 0.3 is 5.97 Å². The number of thiazole rings is 1. The van der Waals surface area contributed by atoms with Crippen molar-refractivity contribution in [1.29, 1.82) is 0 Å². The second-order valence-electron chi connectivity index (χ2n) is 7.21. The Morgan fingerprint density at radius 2 is 1.96 bits per heavy atom. The van der Waals surface area contributed by atoms with Crippen molar-refractivity contribution in [1.82, 2.24) is 9.88 Å². The van der Waals surface area contributed by atoms with E-state index in [0.29, 0.717) is 5.56 Å². The topological polar surface area (TPSA) is 51.7 Å². The van der Waals surface area contributed by atoms with Gasteiger partial charge in [-0.25, -0.2) is 9.78 Å². The number of ether oxygens (including phenoxy) is 2. The van der Waals surface area contributed by atoms with Gasteiger partial charge in [-0.05, 0) is 44.4 Å². The first-order chi connectivity index (χ1) is 13.0. The average molecular weight is 389 g/mol. The fourth-order valence-electron chi connectivity index (χ4n) is 3.38. The first-order valence-electron chi connectivity index (χ1n) is 9.60. The summed E-state index contributed by atoms with van der Waals surface area (Å²) in [6, 6.07) is 7.69. The molecule has 1 aromatic carbocycles. The van der Waals surface area contributed by atoms with Crippen molar-refractivity contribution in [3.05, 3.63) is 51.5 Å². The molecule has 2 aromatic rings. The van der Waals surface area contributed by atoms with Gasteiger partial charge in [-0.3, -0.25) is 4.90 Å². The van der Waals surface area contributed by atoms with Crippen LogP contribution in [0.1, 0.15) is 53.8 Å². The number of nitrogens with zero attached hydrogens (tertiary/aromatic N) is 2. The molecule has 2 unspecified atom stereocenters. The largest absolute Gasteiger partial charge is 0.456 e. The Balaban J connectivity index is 1.50. The van der Waals surface area contributed by atoms with Crippen LogP contribution in [-0.4, -0.2) is 41.2 Å². The van der Waals surface area contributed by atoms with Gasteiger partial charge in [0.15, 0.2) is 0 Å². The standard InChI is InChI=1S/C21H28N2O3S/c1-4-5-20-22-19(14-27-20)13-25-21(24)18-8-6-17(7-9-18)12-23-10-15(2)26-16(3)11-23/h6-9,14-16H,4-5,10-13H2,1-3H3. The third kappa shape index (κ3) is 5.86. The number of benzene rings is 1. The van der Waals surface area contributed by atoms with Crippen molar-refractivity contribution in [3.8, 4) is 0 Å². The molecule has 0 bridgehead atoms. The lowest BCUT2D eigenvalue weighted by Gasteiger charge is -2.35. The minimum Gasteiger partial charge on any atom is -0.456 e. The molecule has 0 radical (unpaired) electrons. The summed E-state index contributed by atoms with van der Waals surface area (Å²) in [6.07, 6.45) is 2.56. The van der Waals surface area contributed by atoms with Crippen molar-refractivity contribution in [3.63, 3.8) is 0 Å². The summed E-state index contributed by atoms with van der Waals surface area (Å²) in [4.78, 5) is 19.1. The number of carbonyl (C=O) groups excluding carboxylic acids is 1. The average Bonchev–Trinajstić information content (AvgIpc) is 3.07. The number of aromatic nitrogens is 1. The van der Waals surface area contributed by atoms with E-state index in [-0.39, 0.29) is 24.8 Å². The number of rotatable bonds is 7. The van der Waals surface area contributed by atoms with Crippen LogP contribution < -0.4 is 0 Å². The van der Waals surface area contributed by atoms with Gasteiger partial charge in [0.05, 0.1) is 28.5 Å². The number of hydrogen-bond donors (Lipinski definition) is 0. The molecule has 3 rings (SSSR count). The van der Waals surface area contributed by atoms with Crippen molar-refractivity contribution in [2.45, 2.75) is 59.0 Å². The minimum atomic E-state index is -0.305. The first kappa shape index (κ1) is 20.0. The summed E-state index contributed by atoms with van der Waals surface area (Å²) < 4.78 is 11.2. The lowest BCUT2D eigenvalue weighted by atomic mass is 10.1. The molecule has 6 heteroatoms. The highest BCUT2D eigenvalue weighted by atomic mass is 32.1. The van der Waals surface area contributed by atoms with Gasteiger partial charge in [-0.1, -0.05) is 19.1 Å². The third-order valence-electron chi connectivity index (χ3n) is 4.51. The monoisotopic (exact) mass is 388 g/mol. The summed E-state index contributed by atoms with van der Waals surface area (Å²) in [5.41, 5.74) is 2.59. The summed E-state index contributed by atoms with van der Waals surface area (Å²) in [7, 11) is 0. The number of esters is 1. The zero-order chi connectivity index (χ0) is 19.2. The van der Waals surface area contributed by atoms with Gasteiger partial charge < -0.3 is 9.47 Å². The molecular weight excluding hydrogens is 360 g/mol. The Morgan fingerprint density at radius 1 is 1.26 bits per heavy atom. The van der Waals surface area contributed by atoms with E-state index in [1.54, 1.807) is 11.3 Å². The Labute approximate surface area is 165 Å². The zero-order valence-electron chi connectivity index (χ0n) is 16.3. The summed E-state index contributed by atoms with van der Waals surface area (Å²) >= 11 is 1.62. The molecular formula is C21H28N2O3S. The molecule has 146 valence electrons. The van der Waals surface area contributed by atoms with E-state index < -0.39 is 0 Å². The van der Waals surface area contributed by atoms with E-state index >= 15 is 0 Å². The van der Waals surface area contributed by atoms with Crippen LogP contribution in [0.2, 0.25) is 0 Å². The van der Waals surface area contributed by atoms with E-state index in [1.165, 1.54) is 5.56 Å². The smallest absolute Gasteiger partial charge is 0.338 e. The lowest BCUT2D eigenvalue weighted by Crippen LogP contribution is -2.44. The second kappa shape index (κ2) is 9.44. The molecule has 27 heavy (non-hydrogen) atoms. The highest BCUT2D eigenvalue weighted by Gasteiger charge is 2.22. The van der Waals surface area contributed by atoms with Crippen LogP contribution in [-0.2, 0) is 29.0 Å². The SMILES string of the molecule is CCCc1nc(COC(=O)c2ccc(CN3CC(C)OC(C)C3)cc2)cs1. The van der Waals surface area contributed by atoms with E-state index in [0.717, 1.165) is 43.2 Å². The van der Waals surface area contributed by atoms with Crippen LogP contribution >= 0.6 is 11.3 Å². The molecule has 0 N–H and O–H groups in total. The molecule has 1 aliphatic heterocycles. The third-order valence-corrected chi connectivity index (χ3v) is 5.46. The van der Waals surface area contributed by atoms with Crippen LogP contribution in [0, 0.1) is 0 Å². The van der Waals surface area contributed by atoms with E-state index in [4.69, 9.17) is 9.47 Å². The summed E-state index contributed by atoms with van der Waals surface area (Å²) in [5.74, 6) is -0.305. The molecule has 2 atom stereocenters. The second-order valence-corrected chi connectivity index (χ2v) is 8.15. The Hall–Kier alpha value is -1.76. The molecule has 2 heterocycles. The van der Waals surface area contributed by atoms with Crippen molar-refractivity contribution < 1.29 is 14.3 Å². The minimum absolute atomic E-state index is 0.227. The van der Waals surface area contributed by atoms with Gasteiger partial charge in [-0.2, -0.15) is 0 Å². The molecule has 0 amide bonds. The van der Waals surface area contributed by atoms with Crippen molar-refractivity contribution >= 4 is 17.3 Å². The number of carbonyl (C=O) groups is 1. The molecule has 1 aliphatic rings. The predicted octanol–water partition coefficient (Wildman–Crippen LogP) is 4.06. The van der Waals surface area contributed by atoms with Gasteiger partial charge in [0, 0.05) is 25.0 Å². The number of aryl methyl sites for hydroxylation is 1. The highest BCUT2D eigenvalue weighted by molar-refractivity contribution is 7.09. The Kier molecular flexibility index (Phi) is 6.99. The van der Waals surface area contributed by atoms with Crippen LogP contribution in [0.3, 0.4) is 0 Å². The van der Waals surface area contributed by atoms with Crippen molar-refractivity contribution in [2.75, 3.05) is 13.1 Å². The van der Waals surface area contributed by atoms with Gasteiger partial charge in [0.2, 0.25) is 0 Å². The summed E-state index contributed by atoms with van der Waals surface area (Å²) in [6.45, 7) is 9.30. The van der Waals surface area contributed by atoms with Gasteiger partial charge in [-0.15, -0.1) is 11.3 Å². The number of morpholine rings is 1. The van der Waals surface area contributed by atoms with Crippen LogP contribution in [0.4, 0.5) is 0 Å². The van der Waals surface area contributed by atoms with Gasteiger partial charge in [0.1, 0.15) is 6.61 Å². The Morgan fingerprint density at radius 3 is 2.63 bits per heavy atom. The van der Waals surface area contributed by atoms with Crippen LogP contribution in [0.25, 0.3) is 0 Å². The fourth-order valence-corrected chi connectivity index (χ4v) is 4.27. The number of hydrogen-bond acceptors (Lipinski definition) is 6. The molecule has 0 spiro atoms. The van der Waals surface area contributed by atoms with Gasteiger partial charge in [0.25, 0.3) is 0 Å². The summed E-state index contributed by atoms with van der Waals surface area (Å²) in [5, 5.41) is 3.06. The molecule has 5 nitrogen and oxygen atoms in total. The van der Waals surface area contributed by atoms with Crippen LogP contribution in [0.15, 0.2) is 29.6 Å².